The second-order valence-electron chi connectivity index (χ2n) is 7.20. The Morgan fingerprint density at radius 2 is 2.00 bits per heavy atom. The molecule has 3 heterocycles. The van der Waals surface area contributed by atoms with Gasteiger partial charge in [0.15, 0.2) is 5.65 Å². The van der Waals surface area contributed by atoms with Crippen LogP contribution in [0.2, 0.25) is 10.3 Å². The van der Waals surface area contributed by atoms with Gasteiger partial charge in [-0.15, -0.1) is 0 Å². The van der Waals surface area contributed by atoms with Gasteiger partial charge in [0.2, 0.25) is 0 Å². The lowest BCUT2D eigenvalue weighted by molar-refractivity contribution is -0.0324. The molecule has 1 saturated heterocycles. The fourth-order valence-electron chi connectivity index (χ4n) is 3.78. The second-order valence-corrected chi connectivity index (χ2v) is 7.98. The minimum atomic E-state index is -0.932. The maximum Gasteiger partial charge on any atom is 0.408 e. The van der Waals surface area contributed by atoms with E-state index >= 15 is 0 Å². The van der Waals surface area contributed by atoms with Crippen molar-refractivity contribution in [2.75, 3.05) is 6.54 Å². The molecule has 1 N–H and O–H groups in total. The molecule has 0 spiro atoms. The molecule has 1 aliphatic heterocycles. The van der Waals surface area contributed by atoms with Gasteiger partial charge in [-0.1, -0.05) is 44.0 Å². The van der Waals surface area contributed by atoms with Gasteiger partial charge in [0.05, 0.1) is 11.2 Å². The van der Waals surface area contributed by atoms with Crippen LogP contribution in [0.15, 0.2) is 12.1 Å². The van der Waals surface area contributed by atoms with Gasteiger partial charge < -0.3 is 5.11 Å². The van der Waals surface area contributed by atoms with Gasteiger partial charge in [-0.2, -0.15) is 5.10 Å². The lowest BCUT2D eigenvalue weighted by Crippen LogP contribution is -2.59. The Bertz CT molecular complexity index is 799. The molecule has 6 nitrogen and oxygen atoms in total. The van der Waals surface area contributed by atoms with Crippen molar-refractivity contribution in [1.29, 1.82) is 0 Å². The first-order valence-electron chi connectivity index (χ1n) is 7.90. The highest BCUT2D eigenvalue weighted by Gasteiger charge is 2.53. The van der Waals surface area contributed by atoms with Crippen molar-refractivity contribution >= 4 is 34.9 Å². The first-order chi connectivity index (χ1) is 11.2. The Hall–Kier alpha value is -1.53. The summed E-state index contributed by atoms with van der Waals surface area (Å²) in [5.74, 6) is 0. The van der Waals surface area contributed by atoms with E-state index < -0.39 is 11.6 Å². The van der Waals surface area contributed by atoms with Crippen LogP contribution in [0.4, 0.5) is 4.79 Å². The van der Waals surface area contributed by atoms with Crippen LogP contribution in [0.5, 0.6) is 0 Å². The zero-order valence-corrected chi connectivity index (χ0v) is 15.4. The zero-order chi connectivity index (χ0) is 17.7. The number of halogens is 2. The molecule has 2 aromatic rings. The summed E-state index contributed by atoms with van der Waals surface area (Å²) in [5.41, 5.74) is 0.0939. The average Bonchev–Trinajstić information content (AvgIpc) is 2.90. The van der Waals surface area contributed by atoms with Gasteiger partial charge in [0.25, 0.3) is 0 Å². The van der Waals surface area contributed by atoms with E-state index in [1.54, 1.807) is 6.07 Å². The molecule has 130 valence electrons. The molecule has 2 aromatic heterocycles. The number of fused-ring (bicyclic) bond motifs is 1. The molecule has 1 aliphatic rings. The second kappa shape index (κ2) is 5.77. The molecular formula is C16H20Cl2N4O2. The fourth-order valence-corrected chi connectivity index (χ4v) is 4.25. The normalized spacial score (nSPS) is 22.1. The number of rotatable bonds is 1. The summed E-state index contributed by atoms with van der Waals surface area (Å²) < 4.78 is 1.50. The summed E-state index contributed by atoms with van der Waals surface area (Å²) in [7, 11) is 0. The lowest BCUT2D eigenvalue weighted by atomic mass is 9.66. The summed E-state index contributed by atoms with van der Waals surface area (Å²) in [6.07, 6.45) is 1.57. The van der Waals surface area contributed by atoms with E-state index in [0.29, 0.717) is 29.5 Å². The minimum absolute atomic E-state index is 0.280. The minimum Gasteiger partial charge on any atom is -0.465 e. The van der Waals surface area contributed by atoms with Gasteiger partial charge in [-0.25, -0.2) is 14.3 Å². The highest BCUT2D eigenvalue weighted by atomic mass is 35.5. The van der Waals surface area contributed by atoms with Gasteiger partial charge in [-0.05, 0) is 24.7 Å². The quantitative estimate of drug-likeness (QED) is 0.753. The Labute approximate surface area is 150 Å². The molecular weight excluding hydrogens is 351 g/mol. The summed E-state index contributed by atoms with van der Waals surface area (Å²) >= 11 is 12.2. The van der Waals surface area contributed by atoms with Crippen LogP contribution in [-0.4, -0.2) is 37.2 Å². The highest BCUT2D eigenvalue weighted by Crippen LogP contribution is 2.50. The topological polar surface area (TPSA) is 70.7 Å². The van der Waals surface area contributed by atoms with Crippen LogP contribution in [-0.2, 0) is 5.54 Å². The molecule has 0 radical (unpaired) electrons. The molecule has 0 bridgehead atoms. The predicted octanol–water partition coefficient (Wildman–Crippen LogP) is 4.44. The number of carbonyl (C=O) groups is 1. The van der Waals surface area contributed by atoms with Crippen LogP contribution in [0.1, 0.15) is 45.7 Å². The molecule has 0 saturated carbocycles. The largest absolute Gasteiger partial charge is 0.465 e. The Morgan fingerprint density at radius 1 is 1.29 bits per heavy atom. The van der Waals surface area contributed by atoms with Crippen molar-refractivity contribution < 1.29 is 9.90 Å². The van der Waals surface area contributed by atoms with Crippen LogP contribution in [0.3, 0.4) is 0 Å². The average molecular weight is 371 g/mol. The van der Waals surface area contributed by atoms with E-state index in [-0.39, 0.29) is 10.6 Å². The van der Waals surface area contributed by atoms with Gasteiger partial charge >= 0.3 is 6.09 Å². The van der Waals surface area contributed by atoms with Gasteiger partial charge in [0.1, 0.15) is 10.3 Å². The summed E-state index contributed by atoms with van der Waals surface area (Å²) in [5, 5.41) is 15.0. The van der Waals surface area contributed by atoms with Crippen molar-refractivity contribution in [1.82, 2.24) is 19.5 Å². The third-order valence-corrected chi connectivity index (χ3v) is 5.34. The molecule has 3 rings (SSSR count). The van der Waals surface area contributed by atoms with Crippen LogP contribution >= 0.6 is 23.2 Å². The molecule has 1 atom stereocenters. The number of aromatic nitrogens is 3. The van der Waals surface area contributed by atoms with Crippen molar-refractivity contribution in [3.05, 3.63) is 28.1 Å². The zero-order valence-electron chi connectivity index (χ0n) is 13.9. The van der Waals surface area contributed by atoms with Crippen molar-refractivity contribution in [3.63, 3.8) is 0 Å². The maximum absolute atomic E-state index is 12.0. The van der Waals surface area contributed by atoms with E-state index in [1.807, 2.05) is 20.8 Å². The van der Waals surface area contributed by atoms with E-state index in [2.05, 4.69) is 10.1 Å². The van der Waals surface area contributed by atoms with E-state index in [0.717, 1.165) is 12.8 Å². The van der Waals surface area contributed by atoms with E-state index in [1.165, 1.54) is 15.5 Å². The third-order valence-electron chi connectivity index (χ3n) is 4.88. The molecule has 0 aromatic carbocycles. The summed E-state index contributed by atoms with van der Waals surface area (Å²) in [6.45, 7) is 6.61. The predicted molar refractivity (Wildman–Crippen MR) is 92.7 cm³/mol. The highest BCUT2D eigenvalue weighted by molar-refractivity contribution is 6.33. The first kappa shape index (κ1) is 17.3. The number of piperidine rings is 1. The van der Waals surface area contributed by atoms with Crippen molar-refractivity contribution in [3.8, 4) is 0 Å². The number of nitrogens with zero attached hydrogens (tertiary/aromatic N) is 4. The molecule has 24 heavy (non-hydrogen) atoms. The first-order valence-corrected chi connectivity index (χ1v) is 8.65. The van der Waals surface area contributed by atoms with Crippen molar-refractivity contribution in [2.24, 2.45) is 5.41 Å². The van der Waals surface area contributed by atoms with Gasteiger partial charge in [0, 0.05) is 18.7 Å². The number of carboxylic acid groups (broad SMARTS) is 1. The van der Waals surface area contributed by atoms with Gasteiger partial charge in [-0.3, -0.25) is 4.90 Å². The molecule has 0 unspecified atom stereocenters. The van der Waals surface area contributed by atoms with Crippen LogP contribution in [0.25, 0.3) is 5.65 Å². The van der Waals surface area contributed by atoms with E-state index in [4.69, 9.17) is 23.2 Å². The monoisotopic (exact) mass is 370 g/mol. The Morgan fingerprint density at radius 3 is 2.62 bits per heavy atom. The molecule has 0 aliphatic carbocycles. The Balaban J connectivity index is 2.27. The van der Waals surface area contributed by atoms with Crippen molar-refractivity contribution in [2.45, 2.75) is 45.6 Å². The standard InChI is InChI=1S/C16H20Cl2N4O2/c1-15(2,3)16(6-4-5-7-21(16)14(23)24)10-8-13-19-11(17)9-12(18)22(13)20-10/h8-9H,4-7H2,1-3H3,(H,23,24)/t16-/m1/s1. The molecule has 8 heteroatoms. The van der Waals surface area contributed by atoms with Crippen LogP contribution < -0.4 is 0 Å². The lowest BCUT2D eigenvalue weighted by Gasteiger charge is -2.52. The number of hydrogen-bond donors (Lipinski definition) is 1. The van der Waals surface area contributed by atoms with Crippen LogP contribution in [0, 0.1) is 5.41 Å². The smallest absolute Gasteiger partial charge is 0.408 e. The maximum atomic E-state index is 12.0. The molecule has 1 amide bonds. The number of hydrogen-bond acceptors (Lipinski definition) is 3. The fraction of sp³-hybridized carbons (Fsp3) is 0.562. The SMILES string of the molecule is CC(C)(C)[C@]1(c2cc3nc(Cl)cc(Cl)n3n2)CCCCN1C(=O)O. The summed E-state index contributed by atoms with van der Waals surface area (Å²) in [4.78, 5) is 17.7. The third kappa shape index (κ3) is 2.52. The molecule has 1 fully saturated rings. The summed E-state index contributed by atoms with van der Waals surface area (Å²) in [6, 6.07) is 3.32. The Kier molecular flexibility index (Phi) is 4.16. The number of amides is 1. The number of likely N-dealkylation sites (tertiary alicyclic amines) is 1. The van der Waals surface area contributed by atoms with E-state index in [9.17, 15) is 9.90 Å².